The van der Waals surface area contributed by atoms with Crippen LogP contribution in [0, 0.1) is 6.92 Å². The molecule has 1 amide bonds. The van der Waals surface area contributed by atoms with Gasteiger partial charge in [-0.3, -0.25) is 9.59 Å². The van der Waals surface area contributed by atoms with E-state index in [1.54, 1.807) is 24.1 Å². The van der Waals surface area contributed by atoms with Crippen LogP contribution in [0.4, 0.5) is 0 Å². The van der Waals surface area contributed by atoms with Crippen molar-refractivity contribution in [3.05, 3.63) is 56.7 Å². The van der Waals surface area contributed by atoms with Crippen LogP contribution in [0.1, 0.15) is 18.0 Å². The number of aromatic amines is 1. The molecule has 170 valence electrons. The number of sulfonamides is 1. The van der Waals surface area contributed by atoms with Gasteiger partial charge in [0.15, 0.2) is 15.9 Å². The largest absolute Gasteiger partial charge is 0.441 e. The fourth-order valence-electron chi connectivity index (χ4n) is 3.51. The third-order valence-electron chi connectivity index (χ3n) is 5.19. The average molecular weight is 497 g/mol. The molecule has 0 bridgehead atoms. The molecule has 4 rings (SSSR count). The molecule has 9 nitrogen and oxygen atoms in total. The Hall–Kier alpha value is -2.47. The van der Waals surface area contributed by atoms with Crippen molar-refractivity contribution < 1.29 is 17.6 Å². The maximum Gasteiger partial charge on any atom is 0.305 e. The molecule has 0 unspecified atom stereocenters. The van der Waals surface area contributed by atoms with E-state index in [-0.39, 0.29) is 42.7 Å². The first-order valence-corrected chi connectivity index (χ1v) is 12.6. The van der Waals surface area contributed by atoms with Gasteiger partial charge in [0.05, 0.1) is 11.2 Å². The molecular weight excluding hydrogens is 476 g/mol. The third kappa shape index (κ3) is 4.65. The van der Waals surface area contributed by atoms with E-state index in [4.69, 9.17) is 16.0 Å². The Labute approximate surface area is 193 Å². The maximum atomic E-state index is 12.8. The number of amides is 1. The normalized spacial score (nSPS) is 15.2. The summed E-state index contributed by atoms with van der Waals surface area (Å²) in [7, 11) is -3.76. The molecule has 1 aromatic carbocycles. The van der Waals surface area contributed by atoms with Crippen LogP contribution < -0.4 is 4.87 Å². The lowest BCUT2D eigenvalue weighted by atomic mass is 10.2. The van der Waals surface area contributed by atoms with Crippen LogP contribution in [0.2, 0.25) is 5.02 Å². The maximum absolute atomic E-state index is 12.8. The highest BCUT2D eigenvalue weighted by molar-refractivity contribution is 7.91. The number of carbonyl (C=O) groups is 1. The Kier molecular flexibility index (Phi) is 6.52. The quantitative estimate of drug-likeness (QED) is 0.560. The van der Waals surface area contributed by atoms with E-state index in [1.165, 1.54) is 4.31 Å². The smallest absolute Gasteiger partial charge is 0.305 e. The van der Waals surface area contributed by atoms with E-state index in [0.29, 0.717) is 40.1 Å². The van der Waals surface area contributed by atoms with Gasteiger partial charge in [0.2, 0.25) is 5.91 Å². The van der Waals surface area contributed by atoms with Crippen LogP contribution in [0.15, 0.2) is 43.9 Å². The zero-order valence-corrected chi connectivity index (χ0v) is 19.6. The molecule has 32 heavy (non-hydrogen) atoms. The second-order valence-electron chi connectivity index (χ2n) is 7.31. The van der Waals surface area contributed by atoms with E-state index in [0.717, 1.165) is 5.56 Å². The number of carbonyl (C=O) groups excluding carboxylic acids is 1. The SMILES string of the molecule is Cc1[nH]c(=O)sc1S(=O)(=O)N1CCN(C(=O)CCc2ncc(-c3ccccc3Cl)o2)CC1. The molecule has 0 aliphatic carbocycles. The molecule has 3 aromatic rings. The summed E-state index contributed by atoms with van der Waals surface area (Å²) < 4.78 is 32.7. The number of H-pyrrole nitrogens is 1. The van der Waals surface area contributed by atoms with Crippen molar-refractivity contribution in [1.29, 1.82) is 0 Å². The second kappa shape index (κ2) is 9.18. The van der Waals surface area contributed by atoms with Gasteiger partial charge in [0, 0.05) is 50.3 Å². The van der Waals surface area contributed by atoms with E-state index in [2.05, 4.69) is 9.97 Å². The molecule has 1 saturated heterocycles. The van der Waals surface area contributed by atoms with Crippen molar-refractivity contribution in [3.63, 3.8) is 0 Å². The number of oxazole rings is 1. The highest BCUT2D eigenvalue weighted by atomic mass is 35.5. The number of benzene rings is 1. The highest BCUT2D eigenvalue weighted by Crippen LogP contribution is 2.28. The Morgan fingerprint density at radius 1 is 1.25 bits per heavy atom. The number of aromatic nitrogens is 2. The zero-order chi connectivity index (χ0) is 22.9. The summed E-state index contributed by atoms with van der Waals surface area (Å²) in [6.45, 7) is 2.48. The van der Waals surface area contributed by atoms with Crippen LogP contribution >= 0.6 is 22.9 Å². The van der Waals surface area contributed by atoms with Gasteiger partial charge in [-0.25, -0.2) is 13.4 Å². The summed E-state index contributed by atoms with van der Waals surface area (Å²) in [5.74, 6) is 0.883. The van der Waals surface area contributed by atoms with Crippen molar-refractivity contribution in [1.82, 2.24) is 19.2 Å². The van der Waals surface area contributed by atoms with Gasteiger partial charge < -0.3 is 14.3 Å². The number of aryl methyl sites for hydroxylation is 2. The zero-order valence-electron chi connectivity index (χ0n) is 17.2. The second-order valence-corrected chi connectivity index (χ2v) is 10.8. The molecule has 0 spiro atoms. The highest BCUT2D eigenvalue weighted by Gasteiger charge is 2.32. The fourth-order valence-corrected chi connectivity index (χ4v) is 6.60. The minimum Gasteiger partial charge on any atom is -0.441 e. The predicted molar refractivity (Wildman–Crippen MR) is 120 cm³/mol. The standard InChI is InChI=1S/C20H21ClN4O5S2/c1-13-19(31-20(27)23-13)32(28,29)25-10-8-24(9-11-25)18(26)7-6-17-22-12-16(30-17)14-4-2-3-5-15(14)21/h2-5,12H,6-11H2,1H3,(H,23,27). The van der Waals surface area contributed by atoms with Gasteiger partial charge >= 0.3 is 4.87 Å². The van der Waals surface area contributed by atoms with Crippen LogP contribution in [-0.2, 0) is 21.2 Å². The summed E-state index contributed by atoms with van der Waals surface area (Å²) in [4.78, 5) is 32.0. The molecule has 0 atom stereocenters. The molecule has 1 N–H and O–H groups in total. The van der Waals surface area contributed by atoms with E-state index in [1.807, 2.05) is 18.2 Å². The summed E-state index contributed by atoms with van der Waals surface area (Å²) >= 11 is 6.86. The Morgan fingerprint density at radius 2 is 1.97 bits per heavy atom. The topological polar surface area (TPSA) is 117 Å². The lowest BCUT2D eigenvalue weighted by Crippen LogP contribution is -2.50. The molecule has 12 heteroatoms. The van der Waals surface area contributed by atoms with E-state index >= 15 is 0 Å². The van der Waals surface area contributed by atoms with Gasteiger partial charge in [0.1, 0.15) is 0 Å². The number of hydrogen-bond donors (Lipinski definition) is 1. The number of nitrogens with one attached hydrogen (secondary N) is 1. The molecule has 1 aliphatic heterocycles. The Bertz CT molecular complexity index is 1290. The predicted octanol–water partition coefficient (Wildman–Crippen LogP) is 2.52. The summed E-state index contributed by atoms with van der Waals surface area (Å²) in [5.41, 5.74) is 1.07. The van der Waals surface area contributed by atoms with Gasteiger partial charge in [-0.2, -0.15) is 4.31 Å². The number of thiazole rings is 1. The van der Waals surface area contributed by atoms with Crippen molar-refractivity contribution >= 4 is 38.9 Å². The average Bonchev–Trinajstić information content (AvgIpc) is 3.38. The molecular formula is C20H21ClN4O5S2. The summed E-state index contributed by atoms with van der Waals surface area (Å²) in [6, 6.07) is 7.28. The van der Waals surface area contributed by atoms with Gasteiger partial charge in [-0.15, -0.1) is 0 Å². The van der Waals surface area contributed by atoms with Crippen molar-refractivity contribution in [3.8, 4) is 11.3 Å². The Morgan fingerprint density at radius 3 is 2.62 bits per heavy atom. The molecule has 0 saturated carbocycles. The van der Waals surface area contributed by atoms with Crippen LogP contribution in [0.3, 0.4) is 0 Å². The van der Waals surface area contributed by atoms with Crippen molar-refractivity contribution in [2.24, 2.45) is 0 Å². The third-order valence-corrected chi connectivity index (χ3v) is 9.00. The van der Waals surface area contributed by atoms with Crippen molar-refractivity contribution in [2.75, 3.05) is 26.2 Å². The lowest BCUT2D eigenvalue weighted by molar-refractivity contribution is -0.132. The monoisotopic (exact) mass is 496 g/mol. The lowest BCUT2D eigenvalue weighted by Gasteiger charge is -2.33. The molecule has 0 radical (unpaired) electrons. The Balaban J connectivity index is 1.32. The summed E-state index contributed by atoms with van der Waals surface area (Å²) in [5, 5.41) is 0.557. The van der Waals surface area contributed by atoms with Crippen LogP contribution in [0.5, 0.6) is 0 Å². The first kappa shape index (κ1) is 22.7. The molecule has 2 aromatic heterocycles. The number of piperazine rings is 1. The number of rotatable bonds is 6. The number of halogens is 1. The van der Waals surface area contributed by atoms with Crippen LogP contribution in [-0.4, -0.2) is 59.7 Å². The first-order chi connectivity index (χ1) is 15.3. The summed E-state index contributed by atoms with van der Waals surface area (Å²) in [6.07, 6.45) is 2.12. The number of hydrogen-bond acceptors (Lipinski definition) is 7. The minimum atomic E-state index is -3.76. The molecule has 1 fully saturated rings. The van der Waals surface area contributed by atoms with E-state index in [9.17, 15) is 18.0 Å². The fraction of sp³-hybridized carbons (Fsp3) is 0.350. The number of nitrogens with zero attached hydrogens (tertiary/aromatic N) is 3. The first-order valence-electron chi connectivity index (χ1n) is 9.93. The van der Waals surface area contributed by atoms with Crippen molar-refractivity contribution in [2.45, 2.75) is 24.0 Å². The minimum absolute atomic E-state index is 0.0282. The van der Waals surface area contributed by atoms with Gasteiger partial charge in [0.25, 0.3) is 10.0 Å². The van der Waals surface area contributed by atoms with Crippen LogP contribution in [0.25, 0.3) is 11.3 Å². The molecule has 1 aliphatic rings. The van der Waals surface area contributed by atoms with E-state index < -0.39 is 14.9 Å². The van der Waals surface area contributed by atoms with Gasteiger partial charge in [-0.05, 0) is 19.1 Å². The molecule has 3 heterocycles. The van der Waals surface area contributed by atoms with Gasteiger partial charge in [-0.1, -0.05) is 35.1 Å².